The van der Waals surface area contributed by atoms with Gasteiger partial charge in [0.1, 0.15) is 0 Å². The van der Waals surface area contributed by atoms with Crippen LogP contribution in [0.15, 0.2) is 60.7 Å². The number of benzene rings is 3. The smallest absolute Gasteiger partial charge is 0.234 e. The van der Waals surface area contributed by atoms with Gasteiger partial charge in [0.05, 0.1) is 38.3 Å². The number of fused-ring (bicyclic) bond motifs is 1. The number of carbonyl (C=O) groups is 2. The van der Waals surface area contributed by atoms with Gasteiger partial charge in [-0.15, -0.1) is 0 Å². The van der Waals surface area contributed by atoms with Crippen molar-refractivity contribution in [2.24, 2.45) is 0 Å². The van der Waals surface area contributed by atoms with Gasteiger partial charge in [0, 0.05) is 10.7 Å². The Morgan fingerprint density at radius 3 is 2.31 bits per heavy atom. The van der Waals surface area contributed by atoms with Gasteiger partial charge in [0.25, 0.3) is 0 Å². The van der Waals surface area contributed by atoms with Crippen LogP contribution in [0.25, 0.3) is 0 Å². The SMILES string of the molecule is COc1cc2c(cc1OC(C)C)[C@H](c1ccc(Cl)cc1)N(c1ccc([C@H](C)NC(=O)CN(C)C)cc1)C(=O)C2. The first-order chi connectivity index (χ1) is 18.6. The van der Waals surface area contributed by atoms with Crippen LogP contribution in [0.4, 0.5) is 5.69 Å². The summed E-state index contributed by atoms with van der Waals surface area (Å²) in [5.74, 6) is 1.17. The number of carbonyl (C=O) groups excluding carboxylic acids is 2. The molecule has 1 aliphatic rings. The van der Waals surface area contributed by atoms with E-state index in [0.29, 0.717) is 23.1 Å². The average Bonchev–Trinajstić information content (AvgIpc) is 2.87. The van der Waals surface area contributed by atoms with Gasteiger partial charge in [-0.2, -0.15) is 0 Å². The van der Waals surface area contributed by atoms with Crippen molar-refractivity contribution in [3.8, 4) is 11.5 Å². The molecule has 0 aliphatic carbocycles. The third kappa shape index (κ3) is 6.54. The standard InChI is InChI=1S/C31H36ClN3O4/c1-19(2)39-28-17-26-23(15-27(28)38-6)16-30(37)35(31(26)22-7-11-24(32)12-8-22)25-13-9-21(10-14-25)20(3)33-29(36)18-34(4)5/h7-15,17,19-20,31H,16,18H2,1-6H3,(H,33,36)/t20-,31-/m0/s1. The summed E-state index contributed by atoms with van der Waals surface area (Å²) in [6, 6.07) is 18.7. The Morgan fingerprint density at radius 2 is 1.72 bits per heavy atom. The first-order valence-electron chi connectivity index (χ1n) is 13.1. The van der Waals surface area contributed by atoms with Crippen molar-refractivity contribution in [3.63, 3.8) is 0 Å². The highest BCUT2D eigenvalue weighted by Gasteiger charge is 2.36. The zero-order chi connectivity index (χ0) is 28.3. The molecule has 0 fully saturated rings. The Kier molecular flexibility index (Phi) is 8.83. The Hall–Kier alpha value is -3.55. The van der Waals surface area contributed by atoms with Gasteiger partial charge in [0.15, 0.2) is 11.5 Å². The molecule has 2 amide bonds. The molecular formula is C31H36ClN3O4. The fourth-order valence-electron chi connectivity index (χ4n) is 4.91. The number of hydrogen-bond donors (Lipinski definition) is 1. The first-order valence-corrected chi connectivity index (χ1v) is 13.4. The van der Waals surface area contributed by atoms with E-state index in [9.17, 15) is 9.59 Å². The number of methoxy groups -OCH3 is 1. The number of halogens is 1. The van der Waals surface area contributed by atoms with Gasteiger partial charge in [0.2, 0.25) is 11.8 Å². The number of nitrogens with one attached hydrogen (secondary N) is 1. The second kappa shape index (κ2) is 12.1. The molecule has 3 aromatic carbocycles. The van der Waals surface area contributed by atoms with Crippen LogP contribution in [0.5, 0.6) is 11.5 Å². The van der Waals surface area contributed by atoms with Crippen LogP contribution >= 0.6 is 11.6 Å². The van der Waals surface area contributed by atoms with E-state index >= 15 is 0 Å². The van der Waals surface area contributed by atoms with Crippen LogP contribution in [0.1, 0.15) is 55.1 Å². The maximum Gasteiger partial charge on any atom is 0.234 e. The van der Waals surface area contributed by atoms with E-state index in [0.717, 1.165) is 27.9 Å². The van der Waals surface area contributed by atoms with E-state index < -0.39 is 0 Å². The minimum Gasteiger partial charge on any atom is -0.493 e. The number of nitrogens with zero attached hydrogens (tertiary/aromatic N) is 2. The molecule has 39 heavy (non-hydrogen) atoms. The highest BCUT2D eigenvalue weighted by molar-refractivity contribution is 6.30. The summed E-state index contributed by atoms with van der Waals surface area (Å²) in [5, 5.41) is 3.65. The van der Waals surface area contributed by atoms with Gasteiger partial charge < -0.3 is 24.6 Å². The van der Waals surface area contributed by atoms with E-state index in [1.54, 1.807) is 7.11 Å². The van der Waals surface area contributed by atoms with Gasteiger partial charge >= 0.3 is 0 Å². The largest absolute Gasteiger partial charge is 0.493 e. The van der Waals surface area contributed by atoms with Crippen molar-refractivity contribution >= 4 is 29.1 Å². The van der Waals surface area contributed by atoms with E-state index in [1.807, 2.05) is 105 Å². The Morgan fingerprint density at radius 1 is 1.05 bits per heavy atom. The van der Waals surface area contributed by atoms with Crippen molar-refractivity contribution in [1.29, 1.82) is 0 Å². The lowest BCUT2D eigenvalue weighted by Crippen LogP contribution is -2.41. The third-order valence-corrected chi connectivity index (χ3v) is 6.90. The predicted molar refractivity (Wildman–Crippen MR) is 155 cm³/mol. The monoisotopic (exact) mass is 549 g/mol. The molecule has 4 rings (SSSR count). The van der Waals surface area contributed by atoms with E-state index in [4.69, 9.17) is 21.1 Å². The normalized spacial score (nSPS) is 15.8. The maximum absolute atomic E-state index is 13.7. The van der Waals surface area contributed by atoms with Crippen LogP contribution in [0.2, 0.25) is 5.02 Å². The zero-order valence-electron chi connectivity index (χ0n) is 23.3. The highest BCUT2D eigenvalue weighted by atomic mass is 35.5. The van der Waals surface area contributed by atoms with Crippen molar-refractivity contribution in [2.75, 3.05) is 32.6 Å². The summed E-state index contributed by atoms with van der Waals surface area (Å²) >= 11 is 6.22. The van der Waals surface area contributed by atoms with Crippen molar-refractivity contribution in [3.05, 3.63) is 87.9 Å². The summed E-state index contributed by atoms with van der Waals surface area (Å²) in [4.78, 5) is 29.6. The topological polar surface area (TPSA) is 71.1 Å². The van der Waals surface area contributed by atoms with E-state index in [1.165, 1.54) is 0 Å². The highest BCUT2D eigenvalue weighted by Crippen LogP contribution is 2.43. The number of ether oxygens (including phenoxy) is 2. The molecule has 1 N–H and O–H groups in total. The molecule has 0 spiro atoms. The molecule has 1 heterocycles. The maximum atomic E-state index is 13.7. The van der Waals surface area contributed by atoms with Gasteiger partial charge in [-0.3, -0.25) is 9.59 Å². The van der Waals surface area contributed by atoms with Crippen molar-refractivity contribution in [2.45, 2.75) is 45.4 Å². The Bertz CT molecular complexity index is 1320. The number of hydrogen-bond acceptors (Lipinski definition) is 5. The third-order valence-electron chi connectivity index (χ3n) is 6.65. The average molecular weight is 550 g/mol. The first kappa shape index (κ1) is 28.5. The summed E-state index contributed by atoms with van der Waals surface area (Å²) in [5.41, 5.74) is 4.53. The molecular weight excluding hydrogens is 514 g/mol. The molecule has 0 radical (unpaired) electrons. The van der Waals surface area contributed by atoms with Gasteiger partial charge in [-0.05, 0) is 93.5 Å². The lowest BCUT2D eigenvalue weighted by molar-refractivity contribution is -0.122. The second-order valence-corrected chi connectivity index (χ2v) is 10.8. The summed E-state index contributed by atoms with van der Waals surface area (Å²) in [6.07, 6.45) is 0.191. The molecule has 206 valence electrons. The molecule has 0 unspecified atom stereocenters. The van der Waals surface area contributed by atoms with Crippen LogP contribution < -0.4 is 19.7 Å². The fraction of sp³-hybridized carbons (Fsp3) is 0.355. The van der Waals surface area contributed by atoms with Crippen molar-refractivity contribution < 1.29 is 19.1 Å². The molecule has 0 saturated carbocycles. The predicted octanol–water partition coefficient (Wildman–Crippen LogP) is 5.55. The minimum atomic E-state index is -0.387. The quantitative estimate of drug-likeness (QED) is 0.379. The molecule has 2 atom stereocenters. The number of likely N-dealkylation sites (N-methyl/N-ethyl adjacent to an activating group) is 1. The minimum absolute atomic E-state index is 0.0258. The molecule has 1 aliphatic heterocycles. The molecule has 7 nitrogen and oxygen atoms in total. The van der Waals surface area contributed by atoms with Gasteiger partial charge in [-0.1, -0.05) is 35.9 Å². The van der Waals surface area contributed by atoms with Crippen LogP contribution in [0, 0.1) is 0 Å². The van der Waals surface area contributed by atoms with Gasteiger partial charge in [-0.25, -0.2) is 0 Å². The zero-order valence-corrected chi connectivity index (χ0v) is 24.1. The Balaban J connectivity index is 1.74. The molecule has 0 bridgehead atoms. The molecule has 0 aromatic heterocycles. The summed E-state index contributed by atoms with van der Waals surface area (Å²) in [6.45, 7) is 6.21. The lowest BCUT2D eigenvalue weighted by atomic mass is 9.86. The molecule has 3 aromatic rings. The summed E-state index contributed by atoms with van der Waals surface area (Å²) < 4.78 is 11.7. The second-order valence-electron chi connectivity index (χ2n) is 10.4. The summed E-state index contributed by atoms with van der Waals surface area (Å²) in [7, 11) is 5.32. The van der Waals surface area contributed by atoms with Crippen LogP contribution in [-0.4, -0.2) is 50.6 Å². The van der Waals surface area contributed by atoms with Crippen molar-refractivity contribution in [1.82, 2.24) is 10.2 Å². The van der Waals surface area contributed by atoms with Crippen LogP contribution in [0.3, 0.4) is 0 Å². The fourth-order valence-corrected chi connectivity index (χ4v) is 5.04. The molecule has 8 heteroatoms. The number of anilines is 1. The Labute approximate surface area is 235 Å². The number of rotatable bonds is 9. The lowest BCUT2D eigenvalue weighted by Gasteiger charge is -2.38. The van der Waals surface area contributed by atoms with E-state index in [2.05, 4.69) is 5.32 Å². The van der Waals surface area contributed by atoms with Crippen LogP contribution in [-0.2, 0) is 16.0 Å². The number of amides is 2. The molecule has 0 saturated heterocycles. The van der Waals surface area contributed by atoms with E-state index in [-0.39, 0.29) is 36.4 Å².